The van der Waals surface area contributed by atoms with Crippen molar-refractivity contribution in [3.63, 3.8) is 0 Å². The molecule has 0 saturated carbocycles. The molecular weight excluding hydrogens is 554 g/mol. The molecule has 0 aliphatic heterocycles. The van der Waals surface area contributed by atoms with Crippen LogP contribution < -0.4 is 9.47 Å². The third-order valence-corrected chi connectivity index (χ3v) is 7.61. The summed E-state index contributed by atoms with van der Waals surface area (Å²) >= 11 is 0. The van der Waals surface area contributed by atoms with Crippen LogP contribution in [0.15, 0.2) is 122 Å². The van der Waals surface area contributed by atoms with Crippen molar-refractivity contribution in [1.82, 2.24) is 9.97 Å². The fraction of sp³-hybridized carbons (Fsp3) is 0.105. The predicted octanol–water partition coefficient (Wildman–Crippen LogP) is 8.95. The monoisotopic (exact) mass is 584 g/mol. The zero-order chi connectivity index (χ0) is 30.5. The highest BCUT2D eigenvalue weighted by molar-refractivity contribution is 5.93. The van der Waals surface area contributed by atoms with Crippen LogP contribution in [0.2, 0.25) is 0 Å². The smallest absolute Gasteiger partial charge is 0.124 e. The molecule has 0 saturated heterocycles. The van der Waals surface area contributed by atoms with E-state index >= 15 is 8.78 Å². The summed E-state index contributed by atoms with van der Waals surface area (Å²) in [6.45, 7) is 0. The number of hydrogen-bond acceptors (Lipinski definition) is 4. The van der Waals surface area contributed by atoms with E-state index in [0.717, 1.165) is 44.9 Å². The molecule has 0 atom stereocenters. The maximum Gasteiger partial charge on any atom is 0.124 e. The lowest BCUT2D eigenvalue weighted by Crippen LogP contribution is -2.03. The first-order chi connectivity index (χ1) is 21.5. The summed E-state index contributed by atoms with van der Waals surface area (Å²) in [6.07, 6.45) is 4.29. The second-order valence-corrected chi connectivity index (χ2v) is 10.5. The number of hydrogen-bond donors (Lipinski definition) is 0. The molecule has 0 amide bonds. The van der Waals surface area contributed by atoms with E-state index in [2.05, 4.69) is 9.97 Å². The molecular formula is C38H30F2N2O2. The summed E-state index contributed by atoms with van der Waals surface area (Å²) in [6, 6.07) is 32.6. The van der Waals surface area contributed by atoms with E-state index in [9.17, 15) is 0 Å². The summed E-state index contributed by atoms with van der Waals surface area (Å²) < 4.78 is 41.9. The first-order valence-electron chi connectivity index (χ1n) is 14.3. The second kappa shape index (κ2) is 12.9. The van der Waals surface area contributed by atoms with Gasteiger partial charge in [0.15, 0.2) is 0 Å². The van der Waals surface area contributed by atoms with Gasteiger partial charge >= 0.3 is 0 Å². The SMILES string of the molecule is COc1ccc(Cc2cc(F)cc(-c3cc(F)cc(Cc4ccc(OC)cc4)c3-c3ccccn3)c2-c2ccccn2)cc1. The minimum absolute atomic E-state index is 0.420. The number of nitrogens with zero attached hydrogens (tertiary/aromatic N) is 2. The van der Waals surface area contributed by atoms with E-state index in [4.69, 9.17) is 9.47 Å². The Morgan fingerprint density at radius 2 is 0.932 bits per heavy atom. The summed E-state index contributed by atoms with van der Waals surface area (Å²) in [5, 5.41) is 0. The lowest BCUT2D eigenvalue weighted by atomic mass is 9.84. The normalized spacial score (nSPS) is 10.9. The molecule has 2 aromatic heterocycles. The van der Waals surface area contributed by atoms with Gasteiger partial charge in [-0.3, -0.25) is 9.97 Å². The largest absolute Gasteiger partial charge is 0.497 e. The number of aromatic nitrogens is 2. The van der Waals surface area contributed by atoms with E-state index in [-0.39, 0.29) is 0 Å². The number of halogens is 2. The first-order valence-corrected chi connectivity index (χ1v) is 14.3. The van der Waals surface area contributed by atoms with Gasteiger partial charge in [-0.1, -0.05) is 36.4 Å². The van der Waals surface area contributed by atoms with Gasteiger partial charge in [-0.2, -0.15) is 0 Å². The van der Waals surface area contributed by atoms with Crippen molar-refractivity contribution in [2.24, 2.45) is 0 Å². The molecule has 2 heterocycles. The highest BCUT2D eigenvalue weighted by atomic mass is 19.1. The van der Waals surface area contributed by atoms with E-state index in [1.807, 2.05) is 84.9 Å². The summed E-state index contributed by atoms with van der Waals surface area (Å²) in [7, 11) is 3.24. The zero-order valence-electron chi connectivity index (χ0n) is 24.4. The minimum Gasteiger partial charge on any atom is -0.497 e. The van der Waals surface area contributed by atoms with Crippen LogP contribution in [0.4, 0.5) is 8.78 Å². The zero-order valence-corrected chi connectivity index (χ0v) is 24.4. The van der Waals surface area contributed by atoms with Crippen LogP contribution in [0.1, 0.15) is 22.3 Å². The Hall–Kier alpha value is -5.36. The molecule has 0 aliphatic carbocycles. The molecule has 0 fully saturated rings. The molecule has 6 rings (SSSR count). The Labute approximate surface area is 255 Å². The average Bonchev–Trinajstić information content (AvgIpc) is 3.06. The number of rotatable bonds is 9. The van der Waals surface area contributed by atoms with Crippen molar-refractivity contribution >= 4 is 0 Å². The van der Waals surface area contributed by atoms with E-state index in [1.54, 1.807) is 26.6 Å². The maximum atomic E-state index is 15.6. The Balaban J connectivity index is 1.59. The topological polar surface area (TPSA) is 44.2 Å². The second-order valence-electron chi connectivity index (χ2n) is 10.5. The fourth-order valence-corrected chi connectivity index (χ4v) is 5.58. The first kappa shape index (κ1) is 28.7. The average molecular weight is 585 g/mol. The Kier molecular flexibility index (Phi) is 8.41. The number of benzene rings is 4. The van der Waals surface area contributed by atoms with Gasteiger partial charge in [-0.15, -0.1) is 0 Å². The molecule has 4 nitrogen and oxygen atoms in total. The minimum atomic E-state index is -0.420. The van der Waals surface area contributed by atoms with Gasteiger partial charge in [0.05, 0.1) is 25.6 Å². The molecule has 0 N–H and O–H groups in total. The molecule has 6 heteroatoms. The van der Waals surface area contributed by atoms with Crippen molar-refractivity contribution in [1.29, 1.82) is 0 Å². The molecule has 44 heavy (non-hydrogen) atoms. The molecule has 0 spiro atoms. The predicted molar refractivity (Wildman–Crippen MR) is 170 cm³/mol. The molecule has 0 unspecified atom stereocenters. The Bertz CT molecular complexity index is 1740. The van der Waals surface area contributed by atoms with E-state index in [1.165, 1.54) is 24.3 Å². The molecule has 0 radical (unpaired) electrons. The molecule has 0 bridgehead atoms. The van der Waals surface area contributed by atoms with Gasteiger partial charge in [-0.05, 0) is 119 Å². The molecule has 6 aromatic rings. The molecule has 0 aliphatic rings. The van der Waals surface area contributed by atoms with Crippen LogP contribution in [0.25, 0.3) is 33.6 Å². The summed E-state index contributed by atoms with van der Waals surface area (Å²) in [5.74, 6) is 0.637. The lowest BCUT2D eigenvalue weighted by molar-refractivity contribution is 0.414. The highest BCUT2D eigenvalue weighted by Gasteiger charge is 2.22. The quantitative estimate of drug-likeness (QED) is 0.170. The van der Waals surface area contributed by atoms with Crippen molar-refractivity contribution in [3.05, 3.63) is 155 Å². The van der Waals surface area contributed by atoms with E-state index < -0.39 is 11.6 Å². The van der Waals surface area contributed by atoms with E-state index in [0.29, 0.717) is 35.4 Å². The summed E-state index contributed by atoms with van der Waals surface area (Å²) in [4.78, 5) is 9.32. The number of methoxy groups -OCH3 is 2. The van der Waals surface area contributed by atoms with Gasteiger partial charge in [0.25, 0.3) is 0 Å². The van der Waals surface area contributed by atoms with Crippen LogP contribution >= 0.6 is 0 Å². The van der Waals surface area contributed by atoms with Gasteiger partial charge in [0.2, 0.25) is 0 Å². The van der Waals surface area contributed by atoms with Crippen LogP contribution in [-0.4, -0.2) is 24.2 Å². The molecule has 4 aromatic carbocycles. The van der Waals surface area contributed by atoms with Gasteiger partial charge in [0, 0.05) is 23.5 Å². The van der Waals surface area contributed by atoms with Crippen molar-refractivity contribution in [2.45, 2.75) is 12.8 Å². The summed E-state index contributed by atoms with van der Waals surface area (Å²) in [5.41, 5.74) is 7.31. The number of pyridine rings is 2. The van der Waals surface area contributed by atoms with Gasteiger partial charge in [-0.25, -0.2) is 8.78 Å². The third-order valence-electron chi connectivity index (χ3n) is 7.61. The lowest BCUT2D eigenvalue weighted by Gasteiger charge is -2.20. The van der Waals surface area contributed by atoms with Gasteiger partial charge < -0.3 is 9.47 Å². The number of ether oxygens (including phenoxy) is 2. The van der Waals surface area contributed by atoms with Crippen LogP contribution in [0.5, 0.6) is 11.5 Å². The van der Waals surface area contributed by atoms with Crippen LogP contribution in [0.3, 0.4) is 0 Å². The Morgan fingerprint density at radius 1 is 0.523 bits per heavy atom. The van der Waals surface area contributed by atoms with Crippen molar-refractivity contribution in [3.8, 4) is 45.1 Å². The van der Waals surface area contributed by atoms with Crippen LogP contribution in [0, 0.1) is 11.6 Å². The van der Waals surface area contributed by atoms with Crippen LogP contribution in [-0.2, 0) is 12.8 Å². The third kappa shape index (κ3) is 6.20. The highest BCUT2D eigenvalue weighted by Crippen LogP contribution is 2.42. The van der Waals surface area contributed by atoms with Gasteiger partial charge in [0.1, 0.15) is 23.1 Å². The fourth-order valence-electron chi connectivity index (χ4n) is 5.58. The van der Waals surface area contributed by atoms with Crippen molar-refractivity contribution < 1.29 is 18.3 Å². The van der Waals surface area contributed by atoms with Crippen molar-refractivity contribution in [2.75, 3.05) is 14.2 Å². The standard InChI is InChI=1S/C38H30F2N2O2/c1-43-31-13-9-25(10-14-31)19-27-21-29(39)23-33(37(27)35-7-3-5-17-41-35)34-24-30(40)22-28(38(34)36-8-4-6-18-42-36)20-26-11-15-32(44-2)16-12-26/h3-18,21-24H,19-20H2,1-2H3. The Morgan fingerprint density at radius 3 is 1.27 bits per heavy atom. The molecule has 218 valence electrons. The maximum absolute atomic E-state index is 15.6.